The van der Waals surface area contributed by atoms with Gasteiger partial charge in [-0.05, 0) is 30.5 Å². The third kappa shape index (κ3) is 3.13. The second-order valence-electron chi connectivity index (χ2n) is 5.31. The highest BCUT2D eigenvalue weighted by atomic mass is 16.5. The van der Waals surface area contributed by atoms with E-state index in [-0.39, 0.29) is 12.0 Å². The van der Waals surface area contributed by atoms with Crippen LogP contribution in [0.4, 0.5) is 0 Å². The van der Waals surface area contributed by atoms with E-state index in [2.05, 4.69) is 10.3 Å². The standard InChI is InChI=1S/C16H19N3O2/c1-19-11-17-10-15(19)12-4-6-13(7-5-12)16(20)18-9-14-3-2-8-21-14/h4-7,10-11,14H,2-3,8-9H2,1H3,(H,18,20). The lowest BCUT2D eigenvalue weighted by atomic mass is 10.1. The van der Waals surface area contributed by atoms with Crippen LogP contribution in [-0.4, -0.2) is 34.7 Å². The molecule has 1 aromatic carbocycles. The van der Waals surface area contributed by atoms with Gasteiger partial charge in [0.1, 0.15) is 0 Å². The topological polar surface area (TPSA) is 56.2 Å². The molecular weight excluding hydrogens is 266 g/mol. The third-order valence-electron chi connectivity index (χ3n) is 3.77. The fourth-order valence-corrected chi connectivity index (χ4v) is 2.54. The van der Waals surface area contributed by atoms with Crippen LogP contribution in [0, 0.1) is 0 Å². The summed E-state index contributed by atoms with van der Waals surface area (Å²) >= 11 is 0. The monoisotopic (exact) mass is 285 g/mol. The van der Waals surface area contributed by atoms with Crippen molar-refractivity contribution in [1.29, 1.82) is 0 Å². The first kappa shape index (κ1) is 13.8. The lowest BCUT2D eigenvalue weighted by Gasteiger charge is -2.11. The van der Waals surface area contributed by atoms with Gasteiger partial charge in [-0.25, -0.2) is 4.98 Å². The van der Waals surface area contributed by atoms with Gasteiger partial charge in [0.15, 0.2) is 0 Å². The quantitative estimate of drug-likeness (QED) is 0.934. The number of benzene rings is 1. The van der Waals surface area contributed by atoms with Gasteiger partial charge in [-0.15, -0.1) is 0 Å². The molecule has 1 N–H and O–H groups in total. The molecule has 21 heavy (non-hydrogen) atoms. The zero-order chi connectivity index (χ0) is 14.7. The van der Waals surface area contributed by atoms with Gasteiger partial charge in [-0.2, -0.15) is 0 Å². The summed E-state index contributed by atoms with van der Waals surface area (Å²) in [5.74, 6) is -0.0537. The Morgan fingerprint density at radius 3 is 2.86 bits per heavy atom. The fraction of sp³-hybridized carbons (Fsp3) is 0.375. The van der Waals surface area contributed by atoms with E-state index in [9.17, 15) is 4.79 Å². The van der Waals surface area contributed by atoms with E-state index in [0.717, 1.165) is 30.7 Å². The van der Waals surface area contributed by atoms with E-state index in [0.29, 0.717) is 12.1 Å². The molecule has 1 amide bonds. The number of carbonyl (C=O) groups is 1. The van der Waals surface area contributed by atoms with Gasteiger partial charge in [0.25, 0.3) is 5.91 Å². The van der Waals surface area contributed by atoms with Crippen molar-refractivity contribution < 1.29 is 9.53 Å². The minimum Gasteiger partial charge on any atom is -0.376 e. The van der Waals surface area contributed by atoms with Gasteiger partial charge in [-0.1, -0.05) is 12.1 Å². The maximum absolute atomic E-state index is 12.1. The molecule has 1 fully saturated rings. The number of carbonyl (C=O) groups excluding carboxylic acids is 1. The molecule has 1 aromatic heterocycles. The maximum Gasteiger partial charge on any atom is 0.251 e. The Bertz CT molecular complexity index is 613. The normalized spacial score (nSPS) is 17.9. The van der Waals surface area contributed by atoms with Crippen molar-refractivity contribution in [1.82, 2.24) is 14.9 Å². The molecule has 1 atom stereocenters. The highest BCUT2D eigenvalue weighted by Crippen LogP contribution is 2.18. The van der Waals surface area contributed by atoms with Gasteiger partial charge in [0.2, 0.25) is 0 Å². The number of rotatable bonds is 4. The summed E-state index contributed by atoms with van der Waals surface area (Å²) in [6.45, 7) is 1.39. The number of hydrogen-bond acceptors (Lipinski definition) is 3. The van der Waals surface area contributed by atoms with Crippen LogP contribution in [0.2, 0.25) is 0 Å². The summed E-state index contributed by atoms with van der Waals surface area (Å²) in [4.78, 5) is 16.2. The van der Waals surface area contributed by atoms with Crippen molar-refractivity contribution in [2.24, 2.45) is 7.05 Å². The average molecular weight is 285 g/mol. The molecular formula is C16H19N3O2. The number of amides is 1. The van der Waals surface area contributed by atoms with Crippen LogP contribution >= 0.6 is 0 Å². The van der Waals surface area contributed by atoms with Crippen LogP contribution < -0.4 is 5.32 Å². The van der Waals surface area contributed by atoms with Crippen LogP contribution in [0.1, 0.15) is 23.2 Å². The molecule has 0 radical (unpaired) electrons. The predicted octanol–water partition coefficient (Wildman–Crippen LogP) is 2.00. The highest BCUT2D eigenvalue weighted by molar-refractivity contribution is 5.94. The molecule has 2 aromatic rings. The molecule has 5 heteroatoms. The van der Waals surface area contributed by atoms with Crippen LogP contribution in [-0.2, 0) is 11.8 Å². The van der Waals surface area contributed by atoms with E-state index in [1.165, 1.54) is 0 Å². The van der Waals surface area contributed by atoms with Crippen LogP contribution in [0.15, 0.2) is 36.8 Å². The Kier molecular flexibility index (Phi) is 4.01. The molecule has 1 aliphatic heterocycles. The molecule has 0 aliphatic carbocycles. The number of nitrogens with one attached hydrogen (secondary N) is 1. The smallest absolute Gasteiger partial charge is 0.251 e. The first-order valence-electron chi connectivity index (χ1n) is 7.20. The Balaban J connectivity index is 1.63. The lowest BCUT2D eigenvalue weighted by molar-refractivity contribution is 0.0858. The van der Waals surface area contributed by atoms with E-state index < -0.39 is 0 Å². The molecule has 110 valence electrons. The molecule has 2 heterocycles. The highest BCUT2D eigenvalue weighted by Gasteiger charge is 2.16. The van der Waals surface area contributed by atoms with Crippen molar-refractivity contribution in [2.75, 3.05) is 13.2 Å². The van der Waals surface area contributed by atoms with Gasteiger partial charge < -0.3 is 14.6 Å². The van der Waals surface area contributed by atoms with Crippen molar-refractivity contribution in [3.63, 3.8) is 0 Å². The number of imidazole rings is 1. The van der Waals surface area contributed by atoms with Gasteiger partial charge >= 0.3 is 0 Å². The SMILES string of the molecule is Cn1cncc1-c1ccc(C(=O)NCC2CCCO2)cc1. The van der Waals surface area contributed by atoms with Gasteiger partial charge in [0, 0.05) is 25.8 Å². The van der Waals surface area contributed by atoms with E-state index in [1.807, 2.05) is 42.1 Å². The van der Waals surface area contributed by atoms with Crippen molar-refractivity contribution in [3.05, 3.63) is 42.4 Å². The summed E-state index contributed by atoms with van der Waals surface area (Å²) in [5.41, 5.74) is 2.74. The minimum atomic E-state index is -0.0537. The number of aryl methyl sites for hydroxylation is 1. The molecule has 1 unspecified atom stereocenters. The molecule has 1 saturated heterocycles. The molecule has 0 saturated carbocycles. The molecule has 3 rings (SSSR count). The van der Waals surface area contributed by atoms with Crippen LogP contribution in [0.5, 0.6) is 0 Å². The van der Waals surface area contributed by atoms with Crippen molar-refractivity contribution in [2.45, 2.75) is 18.9 Å². The summed E-state index contributed by atoms with van der Waals surface area (Å²) in [5, 5.41) is 2.93. The van der Waals surface area contributed by atoms with Crippen molar-refractivity contribution >= 4 is 5.91 Å². The predicted molar refractivity (Wildman–Crippen MR) is 80.0 cm³/mol. The summed E-state index contributed by atoms with van der Waals surface area (Å²) in [7, 11) is 1.95. The second-order valence-corrected chi connectivity index (χ2v) is 5.31. The Morgan fingerprint density at radius 2 is 2.24 bits per heavy atom. The molecule has 1 aliphatic rings. The van der Waals surface area contributed by atoms with Gasteiger partial charge in [-0.3, -0.25) is 4.79 Å². The first-order valence-corrected chi connectivity index (χ1v) is 7.20. The van der Waals surface area contributed by atoms with Crippen molar-refractivity contribution in [3.8, 4) is 11.3 Å². The summed E-state index contributed by atoms with van der Waals surface area (Å²) < 4.78 is 7.45. The number of aromatic nitrogens is 2. The van der Waals surface area contributed by atoms with E-state index in [4.69, 9.17) is 4.74 Å². The zero-order valence-corrected chi connectivity index (χ0v) is 12.1. The fourth-order valence-electron chi connectivity index (χ4n) is 2.54. The summed E-state index contributed by atoms with van der Waals surface area (Å²) in [6, 6.07) is 7.57. The largest absolute Gasteiger partial charge is 0.376 e. The Labute approximate surface area is 124 Å². The van der Waals surface area contributed by atoms with Gasteiger partial charge in [0.05, 0.1) is 24.3 Å². The van der Waals surface area contributed by atoms with E-state index >= 15 is 0 Å². The second kappa shape index (κ2) is 6.10. The average Bonchev–Trinajstić information content (AvgIpc) is 3.16. The minimum absolute atomic E-state index is 0.0537. The van der Waals surface area contributed by atoms with E-state index in [1.54, 1.807) is 6.33 Å². The molecule has 0 spiro atoms. The maximum atomic E-state index is 12.1. The van der Waals surface area contributed by atoms with Crippen LogP contribution in [0.25, 0.3) is 11.3 Å². The Morgan fingerprint density at radius 1 is 1.43 bits per heavy atom. The Hall–Kier alpha value is -2.14. The molecule has 5 nitrogen and oxygen atoms in total. The first-order chi connectivity index (χ1) is 10.2. The lowest BCUT2D eigenvalue weighted by Crippen LogP contribution is -2.31. The number of ether oxygens (including phenoxy) is 1. The number of nitrogens with zero attached hydrogens (tertiary/aromatic N) is 2. The third-order valence-corrected chi connectivity index (χ3v) is 3.77. The van der Waals surface area contributed by atoms with Crippen LogP contribution in [0.3, 0.4) is 0 Å². The summed E-state index contributed by atoms with van der Waals surface area (Å²) in [6.07, 6.45) is 5.85. The number of hydrogen-bond donors (Lipinski definition) is 1. The zero-order valence-electron chi connectivity index (χ0n) is 12.1. The molecule has 0 bridgehead atoms.